The zero-order chi connectivity index (χ0) is 14.1. The van der Waals surface area contributed by atoms with Gasteiger partial charge in [0.25, 0.3) is 0 Å². The second kappa shape index (κ2) is 7.46. The minimum absolute atomic E-state index is 0.182. The van der Waals surface area contributed by atoms with Gasteiger partial charge in [0.15, 0.2) is 0 Å². The van der Waals surface area contributed by atoms with Crippen LogP contribution >= 0.6 is 0 Å². The minimum Gasteiger partial charge on any atom is -0.351 e. The number of carbonyl (C=O) groups excluding carboxylic acids is 2. The van der Waals surface area contributed by atoms with E-state index in [-0.39, 0.29) is 31.2 Å². The number of nitrogens with one attached hydrogen (secondary N) is 2. The predicted octanol–water partition coefficient (Wildman–Crippen LogP) is 1.07. The lowest BCUT2D eigenvalue weighted by molar-refractivity contribution is -0.120. The number of nitriles is 2. The van der Waals surface area contributed by atoms with Crippen molar-refractivity contribution < 1.29 is 9.59 Å². The third-order valence-electron chi connectivity index (χ3n) is 2.18. The van der Waals surface area contributed by atoms with Gasteiger partial charge in [0, 0.05) is 12.2 Å². The molecule has 0 heterocycles. The van der Waals surface area contributed by atoms with Crippen molar-refractivity contribution in [2.45, 2.75) is 19.4 Å². The molecule has 6 heteroatoms. The van der Waals surface area contributed by atoms with Crippen molar-refractivity contribution in [3.8, 4) is 12.1 Å². The molecule has 6 nitrogen and oxygen atoms in total. The Hall–Kier alpha value is -2.86. The van der Waals surface area contributed by atoms with Gasteiger partial charge in [-0.2, -0.15) is 10.5 Å². The lowest BCUT2D eigenvalue weighted by Gasteiger charge is -2.07. The standard InChI is InChI=1S/C13H12N4O2/c14-6-4-12(18)16-9-10-2-1-3-11(8-10)17-13(19)5-7-15/h1-3,8H,4-5,9H2,(H,16,18)(H,17,19). The highest BCUT2D eigenvalue weighted by molar-refractivity contribution is 5.92. The van der Waals surface area contributed by atoms with Crippen LogP contribution in [0.5, 0.6) is 0 Å². The number of hydrogen-bond donors (Lipinski definition) is 2. The quantitative estimate of drug-likeness (QED) is 0.821. The topological polar surface area (TPSA) is 106 Å². The Bertz CT molecular complexity index is 554. The summed E-state index contributed by atoms with van der Waals surface area (Å²) in [7, 11) is 0. The first kappa shape index (κ1) is 14.2. The maximum Gasteiger partial charge on any atom is 0.238 e. The molecule has 0 aliphatic carbocycles. The summed E-state index contributed by atoms with van der Waals surface area (Å²) in [6.07, 6.45) is -0.387. The third-order valence-corrected chi connectivity index (χ3v) is 2.18. The van der Waals surface area contributed by atoms with E-state index >= 15 is 0 Å². The number of carbonyl (C=O) groups is 2. The van der Waals surface area contributed by atoms with Crippen molar-refractivity contribution in [1.82, 2.24) is 5.32 Å². The van der Waals surface area contributed by atoms with E-state index in [9.17, 15) is 9.59 Å². The first-order valence-electron chi connectivity index (χ1n) is 5.55. The molecule has 0 aliphatic rings. The van der Waals surface area contributed by atoms with Crippen molar-refractivity contribution in [2.75, 3.05) is 5.32 Å². The number of hydrogen-bond acceptors (Lipinski definition) is 4. The molecule has 1 rings (SSSR count). The van der Waals surface area contributed by atoms with Crippen LogP contribution in [0.4, 0.5) is 5.69 Å². The Morgan fingerprint density at radius 2 is 1.79 bits per heavy atom. The van der Waals surface area contributed by atoms with E-state index in [2.05, 4.69) is 10.6 Å². The Morgan fingerprint density at radius 1 is 1.11 bits per heavy atom. The molecule has 0 atom stereocenters. The highest BCUT2D eigenvalue weighted by Crippen LogP contribution is 2.10. The second-order valence-corrected chi connectivity index (χ2v) is 3.70. The fourth-order valence-electron chi connectivity index (χ4n) is 1.37. The van der Waals surface area contributed by atoms with Gasteiger partial charge in [0.05, 0.1) is 12.1 Å². The lowest BCUT2D eigenvalue weighted by Crippen LogP contribution is -2.21. The SMILES string of the molecule is N#CCC(=O)NCc1cccc(NC(=O)CC#N)c1. The maximum absolute atomic E-state index is 11.2. The monoisotopic (exact) mass is 256 g/mol. The summed E-state index contributed by atoms with van der Waals surface area (Å²) in [5.74, 6) is -0.727. The van der Waals surface area contributed by atoms with Gasteiger partial charge in [0.1, 0.15) is 12.8 Å². The summed E-state index contributed by atoms with van der Waals surface area (Å²) in [5.41, 5.74) is 1.35. The Labute approximate surface area is 110 Å². The van der Waals surface area contributed by atoms with Crippen LogP contribution in [0.25, 0.3) is 0 Å². The summed E-state index contributed by atoms with van der Waals surface area (Å²) < 4.78 is 0. The van der Waals surface area contributed by atoms with Crippen molar-refractivity contribution in [1.29, 1.82) is 10.5 Å². The van der Waals surface area contributed by atoms with Gasteiger partial charge in [-0.3, -0.25) is 9.59 Å². The molecular weight excluding hydrogens is 244 g/mol. The van der Waals surface area contributed by atoms with Gasteiger partial charge in [-0.1, -0.05) is 12.1 Å². The summed E-state index contributed by atoms with van der Waals surface area (Å²) >= 11 is 0. The number of benzene rings is 1. The molecule has 0 unspecified atom stereocenters. The number of rotatable bonds is 5. The molecule has 19 heavy (non-hydrogen) atoms. The van der Waals surface area contributed by atoms with E-state index in [1.54, 1.807) is 36.4 Å². The average Bonchev–Trinajstić information content (AvgIpc) is 2.37. The maximum atomic E-state index is 11.2. The zero-order valence-corrected chi connectivity index (χ0v) is 10.1. The fraction of sp³-hybridized carbons (Fsp3) is 0.231. The van der Waals surface area contributed by atoms with E-state index in [4.69, 9.17) is 10.5 Å². The van der Waals surface area contributed by atoms with Gasteiger partial charge in [-0.05, 0) is 17.7 Å². The molecule has 2 amide bonds. The van der Waals surface area contributed by atoms with Crippen LogP contribution in [-0.4, -0.2) is 11.8 Å². The van der Waals surface area contributed by atoms with Crippen molar-refractivity contribution in [3.05, 3.63) is 29.8 Å². The molecule has 0 aromatic heterocycles. The summed E-state index contributed by atoms with van der Waals surface area (Å²) in [6.45, 7) is 0.280. The first-order chi connectivity index (χ1) is 9.15. The lowest BCUT2D eigenvalue weighted by atomic mass is 10.2. The van der Waals surface area contributed by atoms with Crippen LogP contribution in [-0.2, 0) is 16.1 Å². The molecule has 0 spiro atoms. The van der Waals surface area contributed by atoms with Crippen molar-refractivity contribution in [3.63, 3.8) is 0 Å². The first-order valence-corrected chi connectivity index (χ1v) is 5.55. The number of anilines is 1. The van der Waals surface area contributed by atoms with E-state index in [0.29, 0.717) is 5.69 Å². The van der Waals surface area contributed by atoms with Crippen LogP contribution in [0.3, 0.4) is 0 Å². The van der Waals surface area contributed by atoms with Crippen LogP contribution in [0.1, 0.15) is 18.4 Å². The van der Waals surface area contributed by atoms with Gasteiger partial charge in [-0.25, -0.2) is 0 Å². The summed E-state index contributed by atoms with van der Waals surface area (Å²) in [6, 6.07) is 10.4. The van der Waals surface area contributed by atoms with E-state index < -0.39 is 0 Å². The minimum atomic E-state index is -0.381. The third kappa shape index (κ3) is 5.33. The van der Waals surface area contributed by atoms with Gasteiger partial charge < -0.3 is 10.6 Å². The Morgan fingerprint density at radius 3 is 2.47 bits per heavy atom. The molecule has 2 N–H and O–H groups in total. The molecular formula is C13H12N4O2. The molecule has 96 valence electrons. The zero-order valence-electron chi connectivity index (χ0n) is 10.1. The Kier molecular flexibility index (Phi) is 5.58. The number of amides is 2. The summed E-state index contributed by atoms with van der Waals surface area (Å²) in [5, 5.41) is 21.9. The molecule has 1 aromatic carbocycles. The van der Waals surface area contributed by atoms with Crippen molar-refractivity contribution in [2.24, 2.45) is 0 Å². The van der Waals surface area contributed by atoms with Crippen LogP contribution in [0.15, 0.2) is 24.3 Å². The molecule has 0 aliphatic heterocycles. The normalized spacial score (nSPS) is 8.95. The average molecular weight is 256 g/mol. The fourth-order valence-corrected chi connectivity index (χ4v) is 1.37. The molecule has 0 saturated carbocycles. The highest BCUT2D eigenvalue weighted by Gasteiger charge is 2.03. The Balaban J connectivity index is 2.58. The predicted molar refractivity (Wildman–Crippen MR) is 67.4 cm³/mol. The summed E-state index contributed by atoms with van der Waals surface area (Å²) in [4.78, 5) is 22.4. The highest BCUT2D eigenvalue weighted by atomic mass is 16.2. The van der Waals surface area contributed by atoms with Crippen molar-refractivity contribution >= 4 is 17.5 Å². The molecule has 0 radical (unpaired) electrons. The van der Waals surface area contributed by atoms with E-state index in [0.717, 1.165) is 5.56 Å². The van der Waals surface area contributed by atoms with Crippen LogP contribution < -0.4 is 10.6 Å². The number of nitrogens with zero attached hydrogens (tertiary/aromatic N) is 2. The molecule has 0 fully saturated rings. The molecule has 0 saturated heterocycles. The van der Waals surface area contributed by atoms with E-state index in [1.165, 1.54) is 0 Å². The van der Waals surface area contributed by atoms with Gasteiger partial charge >= 0.3 is 0 Å². The van der Waals surface area contributed by atoms with Gasteiger partial charge in [-0.15, -0.1) is 0 Å². The molecule has 0 bridgehead atoms. The van der Waals surface area contributed by atoms with Crippen LogP contribution in [0.2, 0.25) is 0 Å². The smallest absolute Gasteiger partial charge is 0.238 e. The van der Waals surface area contributed by atoms with Crippen LogP contribution in [0, 0.1) is 22.7 Å². The van der Waals surface area contributed by atoms with Gasteiger partial charge in [0.2, 0.25) is 11.8 Å². The largest absolute Gasteiger partial charge is 0.351 e. The second-order valence-electron chi connectivity index (χ2n) is 3.70. The molecule has 1 aromatic rings. The van der Waals surface area contributed by atoms with E-state index in [1.807, 2.05) is 0 Å².